The molecule has 106 valence electrons. The van der Waals surface area contributed by atoms with Gasteiger partial charge in [0, 0.05) is 16.3 Å². The van der Waals surface area contributed by atoms with E-state index >= 15 is 0 Å². The van der Waals surface area contributed by atoms with Gasteiger partial charge in [-0.05, 0) is 24.6 Å². The zero-order valence-corrected chi connectivity index (χ0v) is 14.3. The Kier molecular flexibility index (Phi) is 5.46. The van der Waals surface area contributed by atoms with E-state index in [0.717, 1.165) is 0 Å². The van der Waals surface area contributed by atoms with Gasteiger partial charge < -0.3 is 0 Å². The van der Waals surface area contributed by atoms with Crippen LogP contribution in [-0.2, 0) is 9.84 Å². The summed E-state index contributed by atoms with van der Waals surface area (Å²) in [6.07, 6.45) is 0.112. The van der Waals surface area contributed by atoms with Crippen LogP contribution < -0.4 is 0 Å². The molecular weight excluding hydrogens is 375 g/mol. The van der Waals surface area contributed by atoms with E-state index in [2.05, 4.69) is 15.9 Å². The van der Waals surface area contributed by atoms with Gasteiger partial charge in [0.1, 0.15) is 0 Å². The lowest BCUT2D eigenvalue weighted by Gasteiger charge is -2.24. The molecule has 19 heavy (non-hydrogen) atoms. The molecule has 0 fully saturated rings. The maximum Gasteiger partial charge on any atom is 0.196 e. The van der Waals surface area contributed by atoms with Gasteiger partial charge in [-0.25, -0.2) is 8.42 Å². The molecule has 0 aliphatic carbocycles. The average molecular weight is 388 g/mol. The first-order chi connectivity index (χ1) is 8.69. The van der Waals surface area contributed by atoms with Crippen LogP contribution in [-0.4, -0.2) is 23.6 Å². The van der Waals surface area contributed by atoms with Crippen molar-refractivity contribution in [1.82, 2.24) is 0 Å². The number of carbonyl (C=O) groups excluding carboxylic acids is 1. The van der Waals surface area contributed by atoms with E-state index in [1.54, 1.807) is 6.92 Å². The van der Waals surface area contributed by atoms with Gasteiger partial charge in [0.2, 0.25) is 0 Å². The first kappa shape index (κ1) is 17.0. The summed E-state index contributed by atoms with van der Waals surface area (Å²) in [6.45, 7) is 3.13. The van der Waals surface area contributed by atoms with Crippen LogP contribution in [0.2, 0.25) is 10.0 Å². The average Bonchev–Trinajstić information content (AvgIpc) is 2.36. The molecule has 1 aromatic rings. The van der Waals surface area contributed by atoms with Gasteiger partial charge in [-0.2, -0.15) is 0 Å². The van der Waals surface area contributed by atoms with Crippen LogP contribution >= 0.6 is 39.1 Å². The molecule has 0 radical (unpaired) electrons. The van der Waals surface area contributed by atoms with Crippen molar-refractivity contribution >= 4 is 54.8 Å². The van der Waals surface area contributed by atoms with Crippen molar-refractivity contribution in [2.24, 2.45) is 0 Å². The number of rotatable bonds is 5. The summed E-state index contributed by atoms with van der Waals surface area (Å²) in [7, 11) is -3.61. The maximum atomic E-state index is 12.5. The highest BCUT2D eigenvalue weighted by Gasteiger charge is 2.46. The number of halogens is 3. The molecular formula is C12H13BrCl2O3S. The molecule has 1 rings (SSSR count). The third-order valence-electron chi connectivity index (χ3n) is 2.84. The minimum Gasteiger partial charge on any atom is -0.291 e. The number of hydrogen-bond acceptors (Lipinski definition) is 3. The molecule has 0 aromatic heterocycles. The second kappa shape index (κ2) is 6.12. The molecule has 0 saturated carbocycles. The summed E-state index contributed by atoms with van der Waals surface area (Å²) in [5, 5.41) is 0.526. The Hall–Kier alpha value is -0.100. The number of hydrogen-bond donors (Lipinski definition) is 0. The van der Waals surface area contributed by atoms with E-state index in [-0.39, 0.29) is 22.8 Å². The molecule has 0 saturated heterocycles. The monoisotopic (exact) mass is 386 g/mol. The number of benzene rings is 1. The number of sulfone groups is 1. The van der Waals surface area contributed by atoms with Gasteiger partial charge in [-0.15, -0.1) is 0 Å². The minimum absolute atomic E-state index is 0.112. The van der Waals surface area contributed by atoms with Crippen LogP contribution in [0, 0.1) is 0 Å². The fourth-order valence-corrected chi connectivity index (χ4v) is 4.31. The molecule has 0 unspecified atom stereocenters. The number of ketones is 1. The second-order valence-corrected chi connectivity index (χ2v) is 9.16. The SMILES string of the molecule is CC[C@](Br)(C(=O)c1ccc(Cl)cc1Cl)S(=O)(=O)CC. The van der Waals surface area contributed by atoms with Gasteiger partial charge in [0.25, 0.3) is 0 Å². The van der Waals surface area contributed by atoms with Crippen molar-refractivity contribution in [2.75, 3.05) is 5.75 Å². The number of Topliss-reactive ketones (excluding diaryl/α,β-unsaturated/α-hetero) is 1. The van der Waals surface area contributed by atoms with Crippen LogP contribution in [0.5, 0.6) is 0 Å². The van der Waals surface area contributed by atoms with Gasteiger partial charge in [-0.1, -0.05) is 53.0 Å². The Morgan fingerprint density at radius 2 is 1.89 bits per heavy atom. The molecule has 1 aromatic carbocycles. The summed E-state index contributed by atoms with van der Waals surface area (Å²) in [5.74, 6) is -0.707. The molecule has 0 spiro atoms. The quantitative estimate of drug-likeness (QED) is 0.564. The van der Waals surface area contributed by atoms with Crippen molar-refractivity contribution in [3.05, 3.63) is 33.8 Å². The van der Waals surface area contributed by atoms with E-state index in [1.165, 1.54) is 25.1 Å². The Bertz CT molecular complexity index is 601. The lowest BCUT2D eigenvalue weighted by molar-refractivity contribution is 0.0976. The highest BCUT2D eigenvalue weighted by atomic mass is 79.9. The number of carbonyl (C=O) groups is 1. The Balaban J connectivity index is 3.38. The first-order valence-electron chi connectivity index (χ1n) is 5.60. The third-order valence-corrected chi connectivity index (χ3v) is 8.01. The van der Waals surface area contributed by atoms with E-state index < -0.39 is 19.3 Å². The largest absolute Gasteiger partial charge is 0.291 e. The fraction of sp³-hybridized carbons (Fsp3) is 0.417. The summed E-state index contributed by atoms with van der Waals surface area (Å²) >= 11 is 14.8. The molecule has 0 amide bonds. The molecule has 3 nitrogen and oxygen atoms in total. The zero-order chi connectivity index (χ0) is 14.8. The number of alkyl halides is 1. The van der Waals surface area contributed by atoms with Crippen molar-refractivity contribution in [3.63, 3.8) is 0 Å². The van der Waals surface area contributed by atoms with Crippen molar-refractivity contribution in [2.45, 2.75) is 23.9 Å². The van der Waals surface area contributed by atoms with Gasteiger partial charge in [-0.3, -0.25) is 4.79 Å². The van der Waals surface area contributed by atoms with Crippen LogP contribution in [0.25, 0.3) is 0 Å². The molecule has 0 N–H and O–H groups in total. The van der Waals surface area contributed by atoms with Crippen LogP contribution in [0.4, 0.5) is 0 Å². The minimum atomic E-state index is -3.61. The lowest BCUT2D eigenvalue weighted by atomic mass is 10.1. The fourth-order valence-electron chi connectivity index (χ4n) is 1.63. The predicted octanol–water partition coefficient (Wildman–Crippen LogP) is 4.11. The summed E-state index contributed by atoms with van der Waals surface area (Å²) in [6, 6.07) is 4.35. The third kappa shape index (κ3) is 3.15. The highest BCUT2D eigenvalue weighted by Crippen LogP contribution is 2.36. The van der Waals surface area contributed by atoms with Gasteiger partial charge >= 0.3 is 0 Å². The zero-order valence-electron chi connectivity index (χ0n) is 10.4. The Morgan fingerprint density at radius 1 is 1.32 bits per heavy atom. The molecule has 0 aliphatic heterocycles. The normalized spacial score (nSPS) is 15.0. The first-order valence-corrected chi connectivity index (χ1v) is 8.80. The smallest absolute Gasteiger partial charge is 0.196 e. The van der Waals surface area contributed by atoms with Gasteiger partial charge in [0.15, 0.2) is 19.3 Å². The predicted molar refractivity (Wildman–Crippen MR) is 82.2 cm³/mol. The van der Waals surface area contributed by atoms with E-state index in [0.29, 0.717) is 5.02 Å². The topological polar surface area (TPSA) is 51.2 Å². The Morgan fingerprint density at radius 3 is 2.32 bits per heavy atom. The van der Waals surface area contributed by atoms with Crippen LogP contribution in [0.1, 0.15) is 30.6 Å². The summed E-state index contributed by atoms with van der Waals surface area (Å²) in [4.78, 5) is 12.5. The summed E-state index contributed by atoms with van der Waals surface area (Å²) < 4.78 is 22.6. The highest BCUT2D eigenvalue weighted by molar-refractivity contribution is 9.12. The second-order valence-electron chi connectivity index (χ2n) is 3.94. The van der Waals surface area contributed by atoms with Gasteiger partial charge in [0.05, 0.1) is 5.02 Å². The van der Waals surface area contributed by atoms with Crippen molar-refractivity contribution < 1.29 is 13.2 Å². The van der Waals surface area contributed by atoms with E-state index in [4.69, 9.17) is 23.2 Å². The Labute approximate surface area is 131 Å². The molecule has 0 bridgehead atoms. The molecule has 1 atom stereocenters. The summed E-state index contributed by atoms with van der Waals surface area (Å²) in [5.41, 5.74) is 0.141. The molecule has 0 heterocycles. The van der Waals surface area contributed by atoms with Crippen LogP contribution in [0.3, 0.4) is 0 Å². The van der Waals surface area contributed by atoms with Crippen LogP contribution in [0.15, 0.2) is 18.2 Å². The lowest BCUT2D eigenvalue weighted by Crippen LogP contribution is -2.41. The van der Waals surface area contributed by atoms with Crippen molar-refractivity contribution in [3.8, 4) is 0 Å². The molecule has 7 heteroatoms. The van der Waals surface area contributed by atoms with E-state index in [9.17, 15) is 13.2 Å². The maximum absolute atomic E-state index is 12.5. The standard InChI is InChI=1S/C12H13BrCl2O3S/c1-3-12(13,19(17,18)4-2)11(16)9-6-5-8(14)7-10(9)15/h5-7H,3-4H2,1-2H3/t12-/m1/s1. The van der Waals surface area contributed by atoms with E-state index in [1.807, 2.05) is 0 Å². The van der Waals surface area contributed by atoms with Crippen molar-refractivity contribution in [1.29, 1.82) is 0 Å². The molecule has 0 aliphatic rings.